The summed E-state index contributed by atoms with van der Waals surface area (Å²) in [6.07, 6.45) is 9.53. The van der Waals surface area contributed by atoms with Gasteiger partial charge in [-0.2, -0.15) is 4.98 Å². The maximum absolute atomic E-state index is 13.9. The summed E-state index contributed by atoms with van der Waals surface area (Å²) in [5, 5.41) is 6.74. The van der Waals surface area contributed by atoms with E-state index in [0.717, 1.165) is 44.2 Å². The van der Waals surface area contributed by atoms with Gasteiger partial charge >= 0.3 is 5.69 Å². The Balaban J connectivity index is 0.678. The number of hydrogen-bond donors (Lipinski definition) is 3. The number of pyridine rings is 2. The number of ketones is 1. The molecule has 2 fully saturated rings. The molecule has 1 saturated heterocycles. The highest BCUT2D eigenvalue weighted by Crippen LogP contribution is 2.39. The molecule has 1 saturated carbocycles. The molecule has 25 nitrogen and oxygen atoms in total. The van der Waals surface area contributed by atoms with E-state index in [1.807, 2.05) is 35.9 Å². The number of aryl methyl sites for hydroxylation is 3. The van der Waals surface area contributed by atoms with Crippen LogP contribution in [0.2, 0.25) is 0 Å². The van der Waals surface area contributed by atoms with Crippen LogP contribution in [0.4, 0.5) is 23.1 Å². The number of benzene rings is 3. The maximum atomic E-state index is 13.9. The first-order valence-electron chi connectivity index (χ1n) is 29.6. The lowest BCUT2D eigenvalue weighted by Crippen LogP contribution is -2.49. The van der Waals surface area contributed by atoms with Crippen molar-refractivity contribution in [3.05, 3.63) is 105 Å². The number of Topliss-reactive ketones (excluding diaryl/α,β-unsaturated/α-hetero) is 1. The molecule has 3 N–H and O–H groups in total. The number of fused-ring (bicyclic) bond motifs is 2. The van der Waals surface area contributed by atoms with Crippen molar-refractivity contribution in [2.24, 2.45) is 14.1 Å². The zero-order chi connectivity index (χ0) is 62.6. The Hall–Kier alpha value is -8.75. The first-order chi connectivity index (χ1) is 42.4. The Morgan fingerprint density at radius 1 is 0.784 bits per heavy atom. The Morgan fingerprint density at radius 2 is 1.49 bits per heavy atom. The van der Waals surface area contributed by atoms with Gasteiger partial charge in [0.2, 0.25) is 17.8 Å². The van der Waals surface area contributed by atoms with Crippen LogP contribution < -0.4 is 55.2 Å². The number of likely N-dealkylation sites (N-methyl/N-ethyl adjacent to an activating group) is 1. The molecule has 7 aromatic rings. The van der Waals surface area contributed by atoms with Crippen molar-refractivity contribution < 1.29 is 51.2 Å². The molecule has 0 spiro atoms. The van der Waals surface area contributed by atoms with Gasteiger partial charge < -0.3 is 48.9 Å². The number of hydrogen-bond acceptors (Lipinski definition) is 19. The Kier molecular flexibility index (Phi) is 20.9. The van der Waals surface area contributed by atoms with Gasteiger partial charge in [-0.25, -0.2) is 23.2 Å². The molecule has 0 radical (unpaired) electrons. The molecule has 470 valence electrons. The van der Waals surface area contributed by atoms with Crippen LogP contribution in [-0.2, 0) is 38.4 Å². The number of sulfonamides is 1. The smallest absolute Gasteiger partial charge is 0.328 e. The quantitative estimate of drug-likeness (QED) is 0.0311. The zero-order valence-corrected chi connectivity index (χ0v) is 52.0. The average molecular weight is 1230 g/mol. The van der Waals surface area contributed by atoms with E-state index >= 15 is 0 Å². The molecule has 0 atom stereocenters. The van der Waals surface area contributed by atoms with Crippen LogP contribution in [0.15, 0.2) is 87.5 Å². The fraction of sp³-hybridized carbons (Fsp3) is 0.452. The molecule has 0 bridgehead atoms. The molecule has 1 aliphatic heterocycles. The van der Waals surface area contributed by atoms with Crippen molar-refractivity contribution in [1.82, 2.24) is 43.8 Å². The van der Waals surface area contributed by atoms with Crippen LogP contribution in [0.5, 0.6) is 34.5 Å². The highest BCUT2D eigenvalue weighted by molar-refractivity contribution is 7.92. The molecular weight excluding hydrogens is 1150 g/mol. The number of anilines is 4. The molecule has 26 heteroatoms. The first kappa shape index (κ1) is 63.7. The Labute approximate surface area is 510 Å². The van der Waals surface area contributed by atoms with Gasteiger partial charge in [-0.05, 0) is 95.4 Å². The Bertz CT molecular complexity index is 3890. The lowest BCUT2D eigenvalue weighted by Gasteiger charge is -2.36. The zero-order valence-electron chi connectivity index (χ0n) is 51.2. The van der Waals surface area contributed by atoms with Gasteiger partial charge in [0, 0.05) is 94.8 Å². The summed E-state index contributed by atoms with van der Waals surface area (Å²) in [4.78, 5) is 84.8. The van der Waals surface area contributed by atoms with Gasteiger partial charge in [0.1, 0.15) is 28.7 Å². The van der Waals surface area contributed by atoms with Crippen LogP contribution in [0.1, 0.15) is 87.2 Å². The van der Waals surface area contributed by atoms with Crippen molar-refractivity contribution in [3.8, 4) is 34.5 Å². The largest absolute Gasteiger partial charge is 0.493 e. The number of unbranched alkanes of at least 4 members (excludes halogenated alkanes) is 1. The van der Waals surface area contributed by atoms with E-state index in [2.05, 4.69) is 30.2 Å². The molecule has 2 amide bonds. The number of piperazine rings is 1. The fourth-order valence-corrected chi connectivity index (χ4v) is 12.1. The highest BCUT2D eigenvalue weighted by atomic mass is 32.2. The number of carbonyl (C=O) groups excluding carboxylic acids is 3. The molecule has 0 unspecified atom stereocenters. The van der Waals surface area contributed by atoms with Crippen molar-refractivity contribution in [2.75, 3.05) is 108 Å². The van der Waals surface area contributed by atoms with Gasteiger partial charge in [0.15, 0.2) is 23.0 Å². The van der Waals surface area contributed by atoms with Gasteiger partial charge in [0.05, 0.1) is 92.7 Å². The molecule has 9 rings (SSSR count). The molecule has 88 heavy (non-hydrogen) atoms. The summed E-state index contributed by atoms with van der Waals surface area (Å²) in [6, 6.07) is 16.3. The molecule has 1 aliphatic carbocycles. The third-order valence-electron chi connectivity index (χ3n) is 15.7. The predicted octanol–water partition coefficient (Wildman–Crippen LogP) is 7.11. The lowest BCUT2D eigenvalue weighted by atomic mass is 10.0. The summed E-state index contributed by atoms with van der Waals surface area (Å²) in [5.74, 6) is 2.36. The van der Waals surface area contributed by atoms with Crippen LogP contribution in [0.3, 0.4) is 0 Å². The normalized spacial score (nSPS) is 13.7. The minimum atomic E-state index is -4.22. The van der Waals surface area contributed by atoms with E-state index < -0.39 is 10.0 Å². The van der Waals surface area contributed by atoms with Crippen molar-refractivity contribution in [3.63, 3.8) is 0 Å². The number of imidazole rings is 1. The summed E-state index contributed by atoms with van der Waals surface area (Å²) >= 11 is 0. The van der Waals surface area contributed by atoms with Crippen molar-refractivity contribution in [2.45, 2.75) is 83.1 Å². The van der Waals surface area contributed by atoms with Gasteiger partial charge in [-0.3, -0.25) is 42.5 Å². The number of methoxy groups -OCH3 is 2. The van der Waals surface area contributed by atoms with E-state index in [4.69, 9.17) is 33.4 Å². The second-order valence-corrected chi connectivity index (χ2v) is 23.6. The molecule has 2 aliphatic rings. The van der Waals surface area contributed by atoms with Crippen LogP contribution in [0, 0.1) is 6.92 Å². The van der Waals surface area contributed by atoms with E-state index in [1.165, 1.54) is 48.5 Å². The summed E-state index contributed by atoms with van der Waals surface area (Å²) < 4.78 is 69.9. The topological polar surface area (TPSA) is 274 Å². The van der Waals surface area contributed by atoms with Crippen LogP contribution in [-0.4, -0.2) is 158 Å². The summed E-state index contributed by atoms with van der Waals surface area (Å²) in [5.41, 5.74) is 2.64. The Morgan fingerprint density at radius 3 is 2.17 bits per heavy atom. The average Bonchev–Trinajstić information content (AvgIpc) is 1.48. The first-order valence-corrected chi connectivity index (χ1v) is 31.1. The highest BCUT2D eigenvalue weighted by Gasteiger charge is 2.28. The number of nitrogens with one attached hydrogen (secondary N) is 3. The number of ether oxygens (including phenoxy) is 6. The summed E-state index contributed by atoms with van der Waals surface area (Å²) in [6.45, 7) is 9.94. The van der Waals surface area contributed by atoms with Gasteiger partial charge in [-0.1, -0.05) is 19.8 Å². The number of aromatic nitrogens is 6. The van der Waals surface area contributed by atoms with Crippen molar-refractivity contribution in [1.29, 1.82) is 0 Å². The third-order valence-corrected chi connectivity index (χ3v) is 17.1. The minimum absolute atomic E-state index is 0.00328. The van der Waals surface area contributed by atoms with Crippen LogP contribution >= 0.6 is 0 Å². The second-order valence-electron chi connectivity index (χ2n) is 22.0. The minimum Gasteiger partial charge on any atom is -0.493 e. The van der Waals surface area contributed by atoms with E-state index in [9.17, 15) is 32.4 Å². The van der Waals surface area contributed by atoms with E-state index in [-0.39, 0.29) is 88.7 Å². The predicted molar refractivity (Wildman–Crippen MR) is 334 cm³/mol. The summed E-state index contributed by atoms with van der Waals surface area (Å²) in [7, 11) is 3.73. The van der Waals surface area contributed by atoms with E-state index in [0.29, 0.717) is 121 Å². The van der Waals surface area contributed by atoms with Crippen molar-refractivity contribution >= 4 is 72.8 Å². The number of amides is 2. The van der Waals surface area contributed by atoms with Crippen LogP contribution in [0.25, 0.3) is 22.1 Å². The molecule has 5 heterocycles. The standard InChI is InChI=1S/C62H78N12O13S/c1-9-27-85-44-31-45(33-46(32-44)87-53-36-51-50(70(5)62(79)71(51)6)35-49(53)68-88(80,81)47-17-18-52(82-7)54(34-47)83-8)86-28-13-12-22-69(4)39-56(76)63-21-30-84-29-20-57(77)73-25-23-72(24-26-73)43-16-19-55(64-37-43)66-61-65-38-48-40(2)58(41(3)75)60(78)74(59(48)67-61)42-14-10-11-15-42/h16-19,31-38,42,68H,9-15,20-30,39H2,1-8H3,(H,63,76)(H,64,65,66,67). The van der Waals surface area contributed by atoms with E-state index in [1.54, 1.807) is 68.3 Å². The van der Waals surface area contributed by atoms with Gasteiger partial charge in [0.25, 0.3) is 15.6 Å². The molecule has 4 aromatic heterocycles. The second kappa shape index (κ2) is 28.8. The molecular formula is C62H78N12O13S. The number of nitrogens with zero attached hydrogens (tertiary/aromatic N) is 9. The number of carbonyl (C=O) groups is 3. The SMILES string of the molecule is CCCOc1cc(OCCCCN(C)CC(=O)NCCOCCC(=O)N2CCN(c3ccc(Nc4ncc5c(C)c(C(C)=O)c(=O)n(C6CCCC6)c5n4)nc3)CC2)cc(Oc2cc3c(cc2NS(=O)(=O)c2ccc(OC)c(OC)c2)n(C)c(=O)n3C)c1. The van der Waals surface area contributed by atoms with Gasteiger partial charge in [-0.15, -0.1) is 0 Å². The third kappa shape index (κ3) is 15.1. The monoisotopic (exact) mass is 1230 g/mol. The lowest BCUT2D eigenvalue weighted by molar-refractivity contribution is -0.132. The maximum Gasteiger partial charge on any atom is 0.328 e. The molecule has 3 aromatic carbocycles. The fourth-order valence-electron chi connectivity index (χ4n) is 11.0. The number of rotatable bonds is 29.